The lowest BCUT2D eigenvalue weighted by Crippen LogP contribution is -2.41. The Balaban J connectivity index is 2.59. The van der Waals surface area contributed by atoms with Gasteiger partial charge in [-0.2, -0.15) is 0 Å². The van der Waals surface area contributed by atoms with Crippen LogP contribution in [0.25, 0.3) is 0 Å². The van der Waals surface area contributed by atoms with Crippen molar-refractivity contribution in [1.82, 2.24) is 10.6 Å². The van der Waals surface area contributed by atoms with E-state index in [9.17, 15) is 4.79 Å². The van der Waals surface area contributed by atoms with E-state index >= 15 is 0 Å². The van der Waals surface area contributed by atoms with Gasteiger partial charge in [0.2, 0.25) is 5.91 Å². The molecule has 1 amide bonds. The number of hydrogen-bond donors (Lipinski definition) is 2. The molecule has 0 radical (unpaired) electrons. The van der Waals surface area contributed by atoms with E-state index in [0.29, 0.717) is 23.1 Å². The van der Waals surface area contributed by atoms with Crippen molar-refractivity contribution in [3.63, 3.8) is 0 Å². The molecule has 0 saturated heterocycles. The summed E-state index contributed by atoms with van der Waals surface area (Å²) in [4.78, 5) is 11.6. The molecule has 0 aromatic heterocycles. The van der Waals surface area contributed by atoms with E-state index in [1.165, 1.54) is 0 Å². The molecule has 1 rings (SSSR count). The van der Waals surface area contributed by atoms with E-state index in [1.807, 2.05) is 19.9 Å². The maximum absolute atomic E-state index is 11.6. The monoisotopic (exact) mass is 288 g/mol. The zero-order valence-electron chi connectivity index (χ0n) is 10.8. The van der Waals surface area contributed by atoms with Crippen molar-refractivity contribution in [3.05, 3.63) is 33.8 Å². The summed E-state index contributed by atoms with van der Waals surface area (Å²) in [7, 11) is 1.63. The predicted octanol–water partition coefficient (Wildman–Crippen LogP) is 2.86. The standard InChI is InChI=1S/C13H18Cl2N2O/c1-13(2,12(18)16-3)8-17-7-9-10(14)5-4-6-11(9)15/h4-6,17H,7-8H2,1-3H3,(H,16,18). The van der Waals surface area contributed by atoms with Crippen LogP contribution in [0.5, 0.6) is 0 Å². The van der Waals surface area contributed by atoms with Crippen molar-refractivity contribution in [1.29, 1.82) is 0 Å². The molecule has 0 heterocycles. The maximum atomic E-state index is 11.6. The number of carbonyl (C=O) groups is 1. The summed E-state index contributed by atoms with van der Waals surface area (Å²) in [5.74, 6) is 0.000237. The first kappa shape index (κ1) is 15.3. The highest BCUT2D eigenvalue weighted by Crippen LogP contribution is 2.24. The Hall–Kier alpha value is -0.770. The Morgan fingerprint density at radius 1 is 1.28 bits per heavy atom. The number of amides is 1. The zero-order chi connectivity index (χ0) is 13.8. The van der Waals surface area contributed by atoms with E-state index in [-0.39, 0.29) is 5.91 Å². The molecule has 0 bridgehead atoms. The molecule has 5 heteroatoms. The highest BCUT2D eigenvalue weighted by molar-refractivity contribution is 6.35. The van der Waals surface area contributed by atoms with Crippen LogP contribution in [0.4, 0.5) is 0 Å². The van der Waals surface area contributed by atoms with Crippen LogP contribution in [0.2, 0.25) is 10.0 Å². The van der Waals surface area contributed by atoms with Crippen LogP contribution in [0.3, 0.4) is 0 Å². The Morgan fingerprint density at radius 3 is 2.33 bits per heavy atom. The number of nitrogens with one attached hydrogen (secondary N) is 2. The molecule has 100 valence electrons. The van der Waals surface area contributed by atoms with Gasteiger partial charge in [0.1, 0.15) is 0 Å². The van der Waals surface area contributed by atoms with Gasteiger partial charge in [0.05, 0.1) is 5.41 Å². The first-order valence-corrected chi connectivity index (χ1v) is 6.50. The van der Waals surface area contributed by atoms with E-state index < -0.39 is 5.41 Å². The molecular formula is C13H18Cl2N2O. The molecule has 0 fully saturated rings. The van der Waals surface area contributed by atoms with Crippen molar-refractivity contribution < 1.29 is 4.79 Å². The Kier molecular flexibility index (Phi) is 5.45. The van der Waals surface area contributed by atoms with Gasteiger partial charge in [-0.25, -0.2) is 0 Å². The van der Waals surface area contributed by atoms with Gasteiger partial charge in [-0.05, 0) is 26.0 Å². The summed E-state index contributed by atoms with van der Waals surface area (Å²) < 4.78 is 0. The van der Waals surface area contributed by atoms with Crippen molar-refractivity contribution in [2.24, 2.45) is 5.41 Å². The molecule has 0 unspecified atom stereocenters. The quantitative estimate of drug-likeness (QED) is 0.875. The second kappa shape index (κ2) is 6.41. The third-order valence-corrected chi connectivity index (χ3v) is 3.48. The van der Waals surface area contributed by atoms with E-state index in [2.05, 4.69) is 10.6 Å². The molecule has 0 saturated carbocycles. The summed E-state index contributed by atoms with van der Waals surface area (Å²) in [6.45, 7) is 4.85. The van der Waals surface area contributed by atoms with Gasteiger partial charge in [0.25, 0.3) is 0 Å². The van der Waals surface area contributed by atoms with Crippen molar-refractivity contribution in [3.8, 4) is 0 Å². The van der Waals surface area contributed by atoms with Gasteiger partial charge in [-0.15, -0.1) is 0 Å². The lowest BCUT2D eigenvalue weighted by molar-refractivity contribution is -0.128. The highest BCUT2D eigenvalue weighted by atomic mass is 35.5. The molecule has 1 aromatic carbocycles. The second-order valence-corrected chi connectivity index (χ2v) is 5.58. The lowest BCUT2D eigenvalue weighted by Gasteiger charge is -2.23. The Bertz CT molecular complexity index is 413. The number of halogens is 2. The fourth-order valence-electron chi connectivity index (χ4n) is 1.62. The first-order valence-electron chi connectivity index (χ1n) is 5.74. The van der Waals surface area contributed by atoms with Crippen LogP contribution in [-0.4, -0.2) is 19.5 Å². The maximum Gasteiger partial charge on any atom is 0.226 e. The normalized spacial score (nSPS) is 11.4. The van der Waals surface area contributed by atoms with Crippen molar-refractivity contribution in [2.75, 3.05) is 13.6 Å². The Labute approximate surface area is 118 Å². The summed E-state index contributed by atoms with van der Waals surface area (Å²) >= 11 is 12.1. The number of carbonyl (C=O) groups excluding carboxylic acids is 1. The number of rotatable bonds is 5. The molecule has 2 N–H and O–H groups in total. The molecule has 0 spiro atoms. The third-order valence-electron chi connectivity index (χ3n) is 2.77. The van der Waals surface area contributed by atoms with Crippen molar-refractivity contribution >= 4 is 29.1 Å². The third kappa shape index (κ3) is 3.87. The van der Waals surface area contributed by atoms with E-state index in [0.717, 1.165) is 5.56 Å². The molecule has 0 atom stereocenters. The predicted molar refractivity (Wildman–Crippen MR) is 76.0 cm³/mol. The van der Waals surface area contributed by atoms with Gasteiger partial charge < -0.3 is 10.6 Å². The zero-order valence-corrected chi connectivity index (χ0v) is 12.3. The second-order valence-electron chi connectivity index (χ2n) is 4.77. The van der Waals surface area contributed by atoms with Gasteiger partial charge in [-0.3, -0.25) is 4.79 Å². The average Bonchev–Trinajstić information content (AvgIpc) is 2.31. The van der Waals surface area contributed by atoms with Crippen LogP contribution in [-0.2, 0) is 11.3 Å². The van der Waals surface area contributed by atoms with Crippen LogP contribution in [0.15, 0.2) is 18.2 Å². The number of benzene rings is 1. The number of hydrogen-bond acceptors (Lipinski definition) is 2. The topological polar surface area (TPSA) is 41.1 Å². The van der Waals surface area contributed by atoms with Crippen LogP contribution in [0, 0.1) is 5.41 Å². The largest absolute Gasteiger partial charge is 0.359 e. The molecule has 18 heavy (non-hydrogen) atoms. The van der Waals surface area contributed by atoms with Gasteiger partial charge >= 0.3 is 0 Å². The van der Waals surface area contributed by atoms with Crippen LogP contribution >= 0.6 is 23.2 Å². The lowest BCUT2D eigenvalue weighted by atomic mass is 9.92. The summed E-state index contributed by atoms with van der Waals surface area (Å²) in [5.41, 5.74) is 0.385. The first-order chi connectivity index (χ1) is 8.38. The van der Waals surface area contributed by atoms with Crippen molar-refractivity contribution in [2.45, 2.75) is 20.4 Å². The average molecular weight is 289 g/mol. The molecule has 1 aromatic rings. The van der Waals surface area contributed by atoms with Gasteiger partial charge in [0, 0.05) is 35.7 Å². The molecule has 0 aliphatic carbocycles. The minimum atomic E-state index is -0.470. The van der Waals surface area contributed by atoms with E-state index in [4.69, 9.17) is 23.2 Å². The fourth-order valence-corrected chi connectivity index (χ4v) is 2.15. The van der Waals surface area contributed by atoms with Gasteiger partial charge in [0.15, 0.2) is 0 Å². The molecule has 3 nitrogen and oxygen atoms in total. The molecule has 0 aliphatic rings. The molecule has 0 aliphatic heterocycles. The molecular weight excluding hydrogens is 271 g/mol. The summed E-state index contributed by atoms with van der Waals surface area (Å²) in [6, 6.07) is 5.41. The van der Waals surface area contributed by atoms with Crippen LogP contribution < -0.4 is 10.6 Å². The highest BCUT2D eigenvalue weighted by Gasteiger charge is 2.25. The summed E-state index contributed by atoms with van der Waals surface area (Å²) in [5, 5.41) is 7.12. The van der Waals surface area contributed by atoms with Crippen LogP contribution in [0.1, 0.15) is 19.4 Å². The fraction of sp³-hybridized carbons (Fsp3) is 0.462. The van der Waals surface area contributed by atoms with Gasteiger partial charge in [-0.1, -0.05) is 29.3 Å². The summed E-state index contributed by atoms with van der Waals surface area (Å²) in [6.07, 6.45) is 0. The Morgan fingerprint density at radius 2 is 1.83 bits per heavy atom. The minimum absolute atomic E-state index is 0.000237. The SMILES string of the molecule is CNC(=O)C(C)(C)CNCc1c(Cl)cccc1Cl. The minimum Gasteiger partial charge on any atom is -0.359 e. The smallest absolute Gasteiger partial charge is 0.226 e. The van der Waals surface area contributed by atoms with E-state index in [1.54, 1.807) is 19.2 Å².